The van der Waals surface area contributed by atoms with E-state index < -0.39 is 11.5 Å². The molecular formula is C16H25NO4. The van der Waals surface area contributed by atoms with Crippen molar-refractivity contribution >= 4 is 5.97 Å². The lowest BCUT2D eigenvalue weighted by Crippen LogP contribution is -2.50. The van der Waals surface area contributed by atoms with Crippen LogP contribution in [0.25, 0.3) is 0 Å². The van der Waals surface area contributed by atoms with E-state index in [1.807, 2.05) is 25.1 Å². The summed E-state index contributed by atoms with van der Waals surface area (Å²) in [6.45, 7) is 6.52. The van der Waals surface area contributed by atoms with Crippen LogP contribution in [0.4, 0.5) is 0 Å². The van der Waals surface area contributed by atoms with Gasteiger partial charge in [0.05, 0.1) is 13.7 Å². The lowest BCUT2D eigenvalue weighted by atomic mass is 9.98. The van der Waals surface area contributed by atoms with Gasteiger partial charge in [-0.15, -0.1) is 0 Å². The zero-order valence-electron chi connectivity index (χ0n) is 13.2. The van der Waals surface area contributed by atoms with E-state index in [9.17, 15) is 9.90 Å². The van der Waals surface area contributed by atoms with E-state index in [4.69, 9.17) is 9.47 Å². The summed E-state index contributed by atoms with van der Waals surface area (Å²) in [5.74, 6) is 0.440. The number of likely N-dealkylation sites (N-methyl/N-ethyl adjacent to an activating group) is 1. The third-order valence-corrected chi connectivity index (χ3v) is 3.53. The molecule has 0 radical (unpaired) electrons. The first-order valence-electron chi connectivity index (χ1n) is 7.25. The van der Waals surface area contributed by atoms with Crippen LogP contribution in [0.3, 0.4) is 0 Å². The third kappa shape index (κ3) is 4.63. The molecule has 0 spiro atoms. The van der Waals surface area contributed by atoms with Crippen molar-refractivity contribution in [2.45, 2.75) is 39.2 Å². The largest absolute Gasteiger partial charge is 0.493 e. The molecule has 1 aromatic rings. The van der Waals surface area contributed by atoms with Crippen molar-refractivity contribution < 1.29 is 19.4 Å². The maximum atomic E-state index is 11.3. The van der Waals surface area contributed by atoms with Crippen molar-refractivity contribution in [1.29, 1.82) is 0 Å². The highest BCUT2D eigenvalue weighted by molar-refractivity contribution is 5.78. The predicted molar refractivity (Wildman–Crippen MR) is 82.2 cm³/mol. The first-order chi connectivity index (χ1) is 9.96. The minimum Gasteiger partial charge on any atom is -0.493 e. The Kier molecular flexibility index (Phi) is 6.49. The maximum Gasteiger partial charge on any atom is 0.323 e. The summed E-state index contributed by atoms with van der Waals surface area (Å²) < 4.78 is 11.0. The topological polar surface area (TPSA) is 67.8 Å². The summed E-state index contributed by atoms with van der Waals surface area (Å²) in [6, 6.07) is 5.79. The van der Waals surface area contributed by atoms with Gasteiger partial charge in [-0.05, 0) is 37.6 Å². The Morgan fingerprint density at radius 2 is 2.05 bits per heavy atom. The van der Waals surface area contributed by atoms with Crippen LogP contribution in [0.1, 0.15) is 32.8 Å². The second-order valence-corrected chi connectivity index (χ2v) is 5.10. The van der Waals surface area contributed by atoms with Gasteiger partial charge in [0.15, 0.2) is 11.5 Å². The third-order valence-electron chi connectivity index (χ3n) is 3.53. The summed E-state index contributed by atoms with van der Waals surface area (Å²) >= 11 is 0. The summed E-state index contributed by atoms with van der Waals surface area (Å²) in [5, 5.41) is 12.3. The van der Waals surface area contributed by atoms with Gasteiger partial charge in [0.1, 0.15) is 5.54 Å². The van der Waals surface area contributed by atoms with Crippen LogP contribution < -0.4 is 14.8 Å². The lowest BCUT2D eigenvalue weighted by molar-refractivity contribution is -0.144. The zero-order valence-corrected chi connectivity index (χ0v) is 13.2. The van der Waals surface area contributed by atoms with Gasteiger partial charge in [-0.1, -0.05) is 19.9 Å². The van der Waals surface area contributed by atoms with Crippen LogP contribution in [0.2, 0.25) is 0 Å². The van der Waals surface area contributed by atoms with Crippen LogP contribution in [0, 0.1) is 0 Å². The molecule has 5 nitrogen and oxygen atoms in total. The molecule has 1 unspecified atom stereocenters. The molecule has 0 saturated heterocycles. The second-order valence-electron chi connectivity index (χ2n) is 5.10. The van der Waals surface area contributed by atoms with Gasteiger partial charge in [-0.25, -0.2) is 0 Å². The highest BCUT2D eigenvalue weighted by atomic mass is 16.5. The summed E-state index contributed by atoms with van der Waals surface area (Å²) in [7, 11) is 1.60. The molecule has 1 atom stereocenters. The van der Waals surface area contributed by atoms with Crippen LogP contribution >= 0.6 is 0 Å². The van der Waals surface area contributed by atoms with Crippen molar-refractivity contribution in [2.75, 3.05) is 20.3 Å². The molecule has 0 aliphatic rings. The first kappa shape index (κ1) is 17.3. The zero-order chi connectivity index (χ0) is 15.9. The summed E-state index contributed by atoms with van der Waals surface area (Å²) in [5.41, 5.74) is 0.188. The second kappa shape index (κ2) is 7.88. The predicted octanol–water partition coefficient (Wildman–Crippen LogP) is 2.48. The van der Waals surface area contributed by atoms with Crippen molar-refractivity contribution in [3.05, 3.63) is 23.8 Å². The number of hydrogen-bond acceptors (Lipinski definition) is 4. The lowest BCUT2D eigenvalue weighted by Gasteiger charge is -2.25. The molecule has 5 heteroatoms. The number of methoxy groups -OCH3 is 1. The fourth-order valence-electron chi connectivity index (χ4n) is 2.08. The van der Waals surface area contributed by atoms with E-state index in [1.54, 1.807) is 14.0 Å². The number of carbonyl (C=O) groups is 1. The Balaban J connectivity index is 2.69. The number of nitrogens with one attached hydrogen (secondary N) is 1. The Morgan fingerprint density at radius 3 is 2.57 bits per heavy atom. The minimum atomic E-state index is -0.981. The van der Waals surface area contributed by atoms with Gasteiger partial charge in [0.25, 0.3) is 0 Å². The highest BCUT2D eigenvalue weighted by Gasteiger charge is 2.31. The monoisotopic (exact) mass is 295 g/mol. The number of carboxylic acids is 1. The fraction of sp³-hybridized carbons (Fsp3) is 0.562. The number of carboxylic acid groups (broad SMARTS) is 1. The Hall–Kier alpha value is -1.75. The van der Waals surface area contributed by atoms with E-state index in [0.717, 1.165) is 6.42 Å². The van der Waals surface area contributed by atoms with Gasteiger partial charge in [0, 0.05) is 6.42 Å². The molecule has 0 heterocycles. The van der Waals surface area contributed by atoms with E-state index >= 15 is 0 Å². The van der Waals surface area contributed by atoms with Gasteiger partial charge in [0.2, 0.25) is 0 Å². The van der Waals surface area contributed by atoms with Crippen LogP contribution in [-0.4, -0.2) is 36.9 Å². The van der Waals surface area contributed by atoms with Crippen LogP contribution in [0.5, 0.6) is 11.5 Å². The number of ether oxygens (including phenoxy) is 2. The van der Waals surface area contributed by atoms with Gasteiger partial charge in [-0.3, -0.25) is 4.79 Å². The van der Waals surface area contributed by atoms with Gasteiger partial charge >= 0.3 is 5.97 Å². The molecule has 21 heavy (non-hydrogen) atoms. The van der Waals surface area contributed by atoms with Crippen molar-refractivity contribution in [3.63, 3.8) is 0 Å². The molecule has 0 aliphatic carbocycles. The van der Waals surface area contributed by atoms with Crippen LogP contribution in [0.15, 0.2) is 18.2 Å². The number of rotatable bonds is 9. The summed E-state index contributed by atoms with van der Waals surface area (Å²) in [4.78, 5) is 11.3. The molecule has 118 valence electrons. The van der Waals surface area contributed by atoms with Crippen molar-refractivity contribution in [1.82, 2.24) is 5.32 Å². The van der Waals surface area contributed by atoms with E-state index in [1.165, 1.54) is 5.56 Å². The molecule has 0 fully saturated rings. The fourth-order valence-corrected chi connectivity index (χ4v) is 2.08. The van der Waals surface area contributed by atoms with Gasteiger partial charge in [-0.2, -0.15) is 0 Å². The number of benzene rings is 1. The Bertz CT molecular complexity index is 475. The Labute approximate surface area is 126 Å². The highest BCUT2D eigenvalue weighted by Crippen LogP contribution is 2.28. The van der Waals surface area contributed by atoms with Crippen molar-refractivity contribution in [3.8, 4) is 11.5 Å². The van der Waals surface area contributed by atoms with E-state index in [2.05, 4.69) is 12.2 Å². The Morgan fingerprint density at radius 1 is 1.33 bits per heavy atom. The number of aryl methyl sites for hydroxylation is 1. The smallest absolute Gasteiger partial charge is 0.323 e. The quantitative estimate of drug-likeness (QED) is 0.732. The van der Waals surface area contributed by atoms with E-state index in [-0.39, 0.29) is 0 Å². The molecule has 0 amide bonds. The van der Waals surface area contributed by atoms with Gasteiger partial charge < -0.3 is 19.9 Å². The normalized spacial score (nSPS) is 13.5. The molecule has 2 N–H and O–H groups in total. The maximum absolute atomic E-state index is 11.3. The standard InChI is InChI=1S/C16H25NO4/c1-5-12-7-8-13(14(11-12)20-4)21-10-9-16(3,15(18)19)17-6-2/h7-8,11,17H,5-6,9-10H2,1-4H3,(H,18,19). The molecule has 1 rings (SSSR count). The molecular weight excluding hydrogens is 270 g/mol. The number of hydrogen-bond donors (Lipinski definition) is 2. The van der Waals surface area contributed by atoms with E-state index in [0.29, 0.717) is 31.1 Å². The molecule has 0 bridgehead atoms. The summed E-state index contributed by atoms with van der Waals surface area (Å²) in [6.07, 6.45) is 1.29. The molecule has 0 aromatic heterocycles. The SMILES string of the molecule is CCNC(C)(CCOc1ccc(CC)cc1OC)C(=O)O. The number of aliphatic carboxylic acids is 1. The molecule has 0 aliphatic heterocycles. The molecule has 0 saturated carbocycles. The van der Waals surface area contributed by atoms with Crippen LogP contribution in [-0.2, 0) is 11.2 Å². The van der Waals surface area contributed by atoms with Crippen molar-refractivity contribution in [2.24, 2.45) is 0 Å². The minimum absolute atomic E-state index is 0.303. The average Bonchev–Trinajstić information content (AvgIpc) is 2.47. The molecule has 1 aromatic carbocycles. The first-order valence-corrected chi connectivity index (χ1v) is 7.25. The average molecular weight is 295 g/mol.